The molecule has 1 N–H and O–H groups in total. The van der Waals surface area contributed by atoms with E-state index in [1.165, 1.54) is 24.0 Å². The maximum absolute atomic E-state index is 11.2. The van der Waals surface area contributed by atoms with Crippen LogP contribution in [0.3, 0.4) is 0 Å². The number of nitrogens with zero attached hydrogens (tertiary/aromatic N) is 1. The van der Waals surface area contributed by atoms with Crippen LogP contribution in [-0.4, -0.2) is 16.1 Å². The quantitative estimate of drug-likeness (QED) is 0.793. The molecule has 0 atom stereocenters. The van der Waals surface area contributed by atoms with Gasteiger partial charge in [-0.2, -0.15) is 0 Å². The zero-order valence-electron chi connectivity index (χ0n) is 9.86. The summed E-state index contributed by atoms with van der Waals surface area (Å²) in [6.45, 7) is 2.10. The minimum Gasteiger partial charge on any atom is -0.478 e. The van der Waals surface area contributed by atoms with Crippen molar-refractivity contribution in [2.45, 2.75) is 38.5 Å². The summed E-state index contributed by atoms with van der Waals surface area (Å²) in [6.07, 6.45) is 7.69. The van der Waals surface area contributed by atoms with Crippen LogP contribution in [0.15, 0.2) is 17.8 Å². The molecule has 88 valence electrons. The van der Waals surface area contributed by atoms with E-state index in [4.69, 9.17) is 0 Å². The maximum Gasteiger partial charge on any atom is 0.337 e. The third kappa shape index (κ3) is 1.75. The lowest BCUT2D eigenvalue weighted by molar-refractivity contribution is 0.0695. The number of pyridine rings is 1. The van der Waals surface area contributed by atoms with E-state index in [2.05, 4.69) is 18.0 Å². The summed E-state index contributed by atoms with van der Waals surface area (Å²) in [5.41, 5.74) is 5.03. The third-order valence-electron chi connectivity index (χ3n) is 3.64. The SMILES string of the molecule is CC1=CCc2c(C(=O)O)cnc(C3CC3)c2C1. The number of hydrogen-bond donors (Lipinski definition) is 1. The predicted octanol–water partition coefficient (Wildman–Crippen LogP) is 2.70. The zero-order valence-corrected chi connectivity index (χ0v) is 9.86. The van der Waals surface area contributed by atoms with Crippen LogP contribution in [-0.2, 0) is 12.8 Å². The van der Waals surface area contributed by atoms with Gasteiger partial charge in [-0.05, 0) is 43.7 Å². The lowest BCUT2D eigenvalue weighted by Gasteiger charge is -2.19. The Labute approximate surface area is 100 Å². The average Bonchev–Trinajstić information content (AvgIpc) is 3.11. The number of aromatic nitrogens is 1. The molecule has 2 aliphatic rings. The van der Waals surface area contributed by atoms with E-state index in [1.54, 1.807) is 6.20 Å². The Bertz CT molecular complexity index is 527. The van der Waals surface area contributed by atoms with Crippen LogP contribution < -0.4 is 0 Å². The second kappa shape index (κ2) is 3.69. The van der Waals surface area contributed by atoms with Crippen molar-refractivity contribution in [1.82, 2.24) is 4.98 Å². The molecule has 1 aromatic rings. The average molecular weight is 229 g/mol. The predicted molar refractivity (Wildman–Crippen MR) is 64.3 cm³/mol. The van der Waals surface area contributed by atoms with Crippen LogP contribution in [0.1, 0.15) is 52.9 Å². The van der Waals surface area contributed by atoms with Crippen molar-refractivity contribution in [3.8, 4) is 0 Å². The van der Waals surface area contributed by atoms with Crippen LogP contribution >= 0.6 is 0 Å². The molecule has 0 aliphatic heterocycles. The fraction of sp³-hybridized carbons (Fsp3) is 0.429. The maximum atomic E-state index is 11.2. The molecule has 3 heteroatoms. The number of fused-ring (bicyclic) bond motifs is 1. The molecule has 1 heterocycles. The molecule has 1 saturated carbocycles. The Morgan fingerprint density at radius 3 is 2.82 bits per heavy atom. The molecule has 0 saturated heterocycles. The van der Waals surface area contributed by atoms with Crippen molar-refractivity contribution in [2.75, 3.05) is 0 Å². The minimum atomic E-state index is -0.857. The summed E-state index contributed by atoms with van der Waals surface area (Å²) < 4.78 is 0. The number of rotatable bonds is 2. The van der Waals surface area contributed by atoms with Gasteiger partial charge in [-0.3, -0.25) is 4.98 Å². The summed E-state index contributed by atoms with van der Waals surface area (Å²) >= 11 is 0. The number of carboxylic acids is 1. The number of allylic oxidation sites excluding steroid dienone is 2. The van der Waals surface area contributed by atoms with Gasteiger partial charge in [0, 0.05) is 17.8 Å². The smallest absolute Gasteiger partial charge is 0.337 e. The van der Waals surface area contributed by atoms with Crippen molar-refractivity contribution in [3.63, 3.8) is 0 Å². The fourth-order valence-corrected chi connectivity index (χ4v) is 2.56. The molecule has 2 aliphatic carbocycles. The molecule has 1 fully saturated rings. The van der Waals surface area contributed by atoms with E-state index in [9.17, 15) is 9.90 Å². The first-order chi connectivity index (χ1) is 8.16. The normalized spacial score (nSPS) is 18.5. The number of carboxylic acid groups (broad SMARTS) is 1. The van der Waals surface area contributed by atoms with Gasteiger partial charge in [-0.1, -0.05) is 11.6 Å². The van der Waals surface area contributed by atoms with Gasteiger partial charge in [0.1, 0.15) is 0 Å². The molecule has 17 heavy (non-hydrogen) atoms. The molecule has 0 aromatic carbocycles. The minimum absolute atomic E-state index is 0.383. The number of aromatic carboxylic acids is 1. The molecule has 0 amide bonds. The monoisotopic (exact) mass is 229 g/mol. The topological polar surface area (TPSA) is 50.2 Å². The lowest BCUT2D eigenvalue weighted by atomic mass is 9.87. The summed E-state index contributed by atoms with van der Waals surface area (Å²) in [4.78, 5) is 15.6. The summed E-state index contributed by atoms with van der Waals surface area (Å²) in [5.74, 6) is -0.276. The first kappa shape index (κ1) is 10.5. The van der Waals surface area contributed by atoms with Crippen LogP contribution in [0.25, 0.3) is 0 Å². The highest BCUT2D eigenvalue weighted by Crippen LogP contribution is 2.43. The highest BCUT2D eigenvalue weighted by atomic mass is 16.4. The molecule has 0 bridgehead atoms. The van der Waals surface area contributed by atoms with E-state index < -0.39 is 5.97 Å². The van der Waals surface area contributed by atoms with Gasteiger partial charge in [-0.15, -0.1) is 0 Å². The molecule has 1 aromatic heterocycles. The molecule has 3 rings (SSSR count). The molecular formula is C14H15NO2. The second-order valence-electron chi connectivity index (χ2n) is 5.03. The van der Waals surface area contributed by atoms with Crippen LogP contribution in [0.5, 0.6) is 0 Å². The first-order valence-corrected chi connectivity index (χ1v) is 6.06. The van der Waals surface area contributed by atoms with E-state index in [1.807, 2.05) is 0 Å². The van der Waals surface area contributed by atoms with Crippen molar-refractivity contribution in [3.05, 3.63) is 40.2 Å². The fourth-order valence-electron chi connectivity index (χ4n) is 2.56. The van der Waals surface area contributed by atoms with Gasteiger partial charge < -0.3 is 5.11 Å². The highest BCUT2D eigenvalue weighted by Gasteiger charge is 2.31. The van der Waals surface area contributed by atoms with Crippen LogP contribution in [0.4, 0.5) is 0 Å². The van der Waals surface area contributed by atoms with Crippen molar-refractivity contribution in [2.24, 2.45) is 0 Å². The van der Waals surface area contributed by atoms with E-state index in [0.717, 1.165) is 24.1 Å². The van der Waals surface area contributed by atoms with Crippen molar-refractivity contribution < 1.29 is 9.90 Å². The first-order valence-electron chi connectivity index (χ1n) is 6.06. The van der Waals surface area contributed by atoms with Gasteiger partial charge in [0.05, 0.1) is 5.56 Å². The Balaban J connectivity index is 2.15. The summed E-state index contributed by atoms with van der Waals surface area (Å²) in [7, 11) is 0. The van der Waals surface area contributed by atoms with E-state index >= 15 is 0 Å². The Hall–Kier alpha value is -1.64. The van der Waals surface area contributed by atoms with E-state index in [-0.39, 0.29) is 0 Å². The summed E-state index contributed by atoms with van der Waals surface area (Å²) in [6, 6.07) is 0. The standard InChI is InChI=1S/C14H15NO2/c1-8-2-5-10-11(6-8)13(9-3-4-9)15-7-12(10)14(16)17/h2,7,9H,3-6H2,1H3,(H,16,17). The number of carbonyl (C=O) groups is 1. The largest absolute Gasteiger partial charge is 0.478 e. The molecule has 3 nitrogen and oxygen atoms in total. The van der Waals surface area contributed by atoms with E-state index in [0.29, 0.717) is 11.5 Å². The molecule has 0 spiro atoms. The number of hydrogen-bond acceptors (Lipinski definition) is 2. The van der Waals surface area contributed by atoms with Crippen LogP contribution in [0, 0.1) is 0 Å². The Kier molecular flexibility index (Phi) is 2.28. The van der Waals surface area contributed by atoms with Gasteiger partial charge >= 0.3 is 5.97 Å². The van der Waals surface area contributed by atoms with Crippen molar-refractivity contribution >= 4 is 5.97 Å². The zero-order chi connectivity index (χ0) is 12.0. The Morgan fingerprint density at radius 1 is 1.41 bits per heavy atom. The van der Waals surface area contributed by atoms with Crippen molar-refractivity contribution in [1.29, 1.82) is 0 Å². The molecular weight excluding hydrogens is 214 g/mol. The van der Waals surface area contributed by atoms with Gasteiger partial charge in [-0.25, -0.2) is 4.79 Å². The second-order valence-corrected chi connectivity index (χ2v) is 5.03. The third-order valence-corrected chi connectivity index (χ3v) is 3.64. The van der Waals surface area contributed by atoms with Gasteiger partial charge in [0.25, 0.3) is 0 Å². The Morgan fingerprint density at radius 2 is 2.18 bits per heavy atom. The summed E-state index contributed by atoms with van der Waals surface area (Å²) in [5, 5.41) is 9.19. The molecule has 0 unspecified atom stereocenters. The van der Waals surface area contributed by atoms with Crippen LogP contribution in [0.2, 0.25) is 0 Å². The lowest BCUT2D eigenvalue weighted by Crippen LogP contribution is -2.13. The van der Waals surface area contributed by atoms with Gasteiger partial charge in [0.2, 0.25) is 0 Å². The molecule has 0 radical (unpaired) electrons. The van der Waals surface area contributed by atoms with Gasteiger partial charge in [0.15, 0.2) is 0 Å². The highest BCUT2D eigenvalue weighted by molar-refractivity contribution is 5.89.